The monoisotopic (exact) mass is 400 g/mol. The van der Waals surface area contributed by atoms with Crippen molar-refractivity contribution in [3.05, 3.63) is 48.0 Å². The molecule has 6 rings (SSSR count). The van der Waals surface area contributed by atoms with Gasteiger partial charge in [-0.15, -0.1) is 10.2 Å². The van der Waals surface area contributed by atoms with Gasteiger partial charge in [-0.2, -0.15) is 5.21 Å². The molecule has 1 saturated heterocycles. The number of piperidine rings is 1. The van der Waals surface area contributed by atoms with E-state index in [1.54, 1.807) is 0 Å². The molecule has 2 aromatic heterocycles. The van der Waals surface area contributed by atoms with Gasteiger partial charge in [0.1, 0.15) is 5.52 Å². The molecule has 1 N–H and O–H groups in total. The third-order valence-electron chi connectivity index (χ3n) is 6.84. The van der Waals surface area contributed by atoms with Gasteiger partial charge in [0.05, 0.1) is 5.39 Å². The van der Waals surface area contributed by atoms with Gasteiger partial charge < -0.3 is 9.42 Å². The Labute approximate surface area is 174 Å². The summed E-state index contributed by atoms with van der Waals surface area (Å²) in [6.45, 7) is 2.48. The molecule has 2 aliphatic rings. The van der Waals surface area contributed by atoms with Gasteiger partial charge in [-0.3, -0.25) is 0 Å². The summed E-state index contributed by atoms with van der Waals surface area (Å²) in [4.78, 5) is 2.70. The number of hydrogen-bond donors (Lipinski definition) is 1. The van der Waals surface area contributed by atoms with Crippen LogP contribution in [0, 0.1) is 0 Å². The Hall–Kier alpha value is -3.06. The summed E-state index contributed by atoms with van der Waals surface area (Å²) >= 11 is 0. The SMILES string of the molecule is c1cc2noc(-c3ccc(C4CCN(C5CCC5)CC4)cc3)c2cc1-c1nn[nH]n1. The van der Waals surface area contributed by atoms with Gasteiger partial charge in [-0.25, -0.2) is 0 Å². The quantitative estimate of drug-likeness (QED) is 0.546. The van der Waals surface area contributed by atoms with Crippen molar-refractivity contribution in [3.63, 3.8) is 0 Å². The molecule has 7 nitrogen and oxygen atoms in total. The highest BCUT2D eigenvalue weighted by Crippen LogP contribution is 2.35. The summed E-state index contributed by atoms with van der Waals surface area (Å²) < 4.78 is 5.70. The van der Waals surface area contributed by atoms with Crippen molar-refractivity contribution in [2.24, 2.45) is 0 Å². The Balaban J connectivity index is 1.23. The van der Waals surface area contributed by atoms with Crippen molar-refractivity contribution in [3.8, 4) is 22.7 Å². The van der Waals surface area contributed by atoms with Crippen molar-refractivity contribution in [2.75, 3.05) is 13.1 Å². The minimum absolute atomic E-state index is 0.563. The molecule has 2 fully saturated rings. The summed E-state index contributed by atoms with van der Waals surface area (Å²) in [7, 11) is 0. The van der Waals surface area contributed by atoms with Crippen molar-refractivity contribution >= 4 is 10.9 Å². The zero-order valence-corrected chi connectivity index (χ0v) is 16.8. The van der Waals surface area contributed by atoms with Crippen LogP contribution in [0.5, 0.6) is 0 Å². The highest BCUT2D eigenvalue weighted by Gasteiger charge is 2.29. The fraction of sp³-hybridized carbons (Fsp3) is 0.391. The van der Waals surface area contributed by atoms with Crippen LogP contribution in [0.4, 0.5) is 0 Å². The maximum atomic E-state index is 5.70. The maximum Gasteiger partial charge on any atom is 0.204 e. The van der Waals surface area contributed by atoms with Crippen LogP contribution in [0.15, 0.2) is 47.0 Å². The lowest BCUT2D eigenvalue weighted by molar-refractivity contribution is 0.0975. The lowest BCUT2D eigenvalue weighted by Gasteiger charge is -2.42. The van der Waals surface area contributed by atoms with Gasteiger partial charge in [0.2, 0.25) is 5.82 Å². The smallest absolute Gasteiger partial charge is 0.204 e. The van der Waals surface area contributed by atoms with Gasteiger partial charge >= 0.3 is 0 Å². The Morgan fingerprint density at radius 1 is 0.933 bits per heavy atom. The van der Waals surface area contributed by atoms with E-state index < -0.39 is 0 Å². The van der Waals surface area contributed by atoms with Crippen molar-refractivity contribution < 1.29 is 4.52 Å². The van der Waals surface area contributed by atoms with Crippen molar-refractivity contribution in [1.29, 1.82) is 0 Å². The van der Waals surface area contributed by atoms with Crippen LogP contribution in [0.1, 0.15) is 43.6 Å². The van der Waals surface area contributed by atoms with E-state index in [0.717, 1.165) is 33.8 Å². The molecule has 2 aromatic carbocycles. The third-order valence-corrected chi connectivity index (χ3v) is 6.84. The molecule has 0 bridgehead atoms. The molecule has 4 aromatic rings. The molecule has 1 aliphatic heterocycles. The predicted molar refractivity (Wildman–Crippen MR) is 114 cm³/mol. The first kappa shape index (κ1) is 17.8. The minimum Gasteiger partial charge on any atom is -0.355 e. The van der Waals surface area contributed by atoms with Crippen LogP contribution >= 0.6 is 0 Å². The van der Waals surface area contributed by atoms with E-state index in [9.17, 15) is 0 Å². The second kappa shape index (κ2) is 7.32. The molecular weight excluding hydrogens is 376 g/mol. The molecule has 1 saturated carbocycles. The fourth-order valence-corrected chi connectivity index (χ4v) is 4.83. The molecule has 7 heteroatoms. The zero-order chi connectivity index (χ0) is 19.9. The number of fused-ring (bicyclic) bond motifs is 1. The van der Waals surface area contributed by atoms with Crippen LogP contribution in [-0.2, 0) is 0 Å². The second-order valence-corrected chi connectivity index (χ2v) is 8.50. The van der Waals surface area contributed by atoms with E-state index in [4.69, 9.17) is 4.52 Å². The van der Waals surface area contributed by atoms with Crippen molar-refractivity contribution in [1.82, 2.24) is 30.7 Å². The van der Waals surface area contributed by atoms with Gasteiger partial charge in [0, 0.05) is 17.2 Å². The molecule has 0 amide bonds. The van der Waals surface area contributed by atoms with Crippen LogP contribution in [-0.4, -0.2) is 49.8 Å². The summed E-state index contributed by atoms with van der Waals surface area (Å²) in [6.07, 6.45) is 6.74. The Morgan fingerprint density at radius 3 is 2.43 bits per heavy atom. The number of aromatic amines is 1. The number of likely N-dealkylation sites (tertiary alicyclic amines) is 1. The molecule has 0 unspecified atom stereocenters. The Kier molecular flexibility index (Phi) is 4.34. The first-order chi connectivity index (χ1) is 14.8. The molecule has 1 aliphatic carbocycles. The topological polar surface area (TPSA) is 83.7 Å². The number of hydrogen-bond acceptors (Lipinski definition) is 6. The van der Waals surface area contributed by atoms with Crippen LogP contribution < -0.4 is 0 Å². The molecule has 0 spiro atoms. The summed E-state index contributed by atoms with van der Waals surface area (Å²) in [5.74, 6) is 2.00. The zero-order valence-electron chi connectivity index (χ0n) is 16.8. The van der Waals surface area contributed by atoms with Crippen molar-refractivity contribution in [2.45, 2.75) is 44.1 Å². The van der Waals surface area contributed by atoms with E-state index >= 15 is 0 Å². The molecule has 0 atom stereocenters. The number of aromatic nitrogens is 5. The number of benzene rings is 2. The van der Waals surface area contributed by atoms with E-state index in [0.29, 0.717) is 11.7 Å². The summed E-state index contributed by atoms with van der Waals surface area (Å²) in [5.41, 5.74) is 4.18. The summed E-state index contributed by atoms with van der Waals surface area (Å²) in [6, 6.07) is 15.6. The predicted octanol–water partition coefficient (Wildman–Crippen LogP) is 4.41. The van der Waals surface area contributed by atoms with Crippen LogP contribution in [0.25, 0.3) is 33.6 Å². The second-order valence-electron chi connectivity index (χ2n) is 8.50. The van der Waals surface area contributed by atoms with Gasteiger partial charge in [0.15, 0.2) is 5.76 Å². The molecule has 152 valence electrons. The maximum absolute atomic E-state index is 5.70. The third kappa shape index (κ3) is 3.10. The first-order valence-electron chi connectivity index (χ1n) is 10.8. The standard InChI is InChI=1S/C23H24N6O/c1-2-19(3-1)29-12-10-16(11-13-29)15-4-6-17(7-5-15)22-20-14-18(23-24-27-28-25-23)8-9-21(20)26-30-22/h4-9,14,16,19H,1-3,10-13H2,(H,24,25,27,28). The molecular formula is C23H24N6O. The van der Waals surface area contributed by atoms with Gasteiger partial charge in [-0.1, -0.05) is 35.8 Å². The number of rotatable bonds is 4. The lowest BCUT2D eigenvalue weighted by Crippen LogP contribution is -2.44. The largest absolute Gasteiger partial charge is 0.355 e. The molecule has 30 heavy (non-hydrogen) atoms. The number of tetrazole rings is 1. The normalized spacial score (nSPS) is 18.7. The average molecular weight is 400 g/mol. The minimum atomic E-state index is 0.563. The lowest BCUT2D eigenvalue weighted by atomic mass is 9.85. The highest BCUT2D eigenvalue weighted by atomic mass is 16.5. The van der Waals surface area contributed by atoms with E-state index in [2.05, 4.69) is 54.9 Å². The van der Waals surface area contributed by atoms with E-state index in [1.165, 1.54) is 50.8 Å². The van der Waals surface area contributed by atoms with Crippen LogP contribution in [0.2, 0.25) is 0 Å². The number of nitrogens with one attached hydrogen (secondary N) is 1. The van der Waals surface area contributed by atoms with Gasteiger partial charge in [0.25, 0.3) is 0 Å². The number of H-pyrrole nitrogens is 1. The molecule has 3 heterocycles. The summed E-state index contributed by atoms with van der Waals surface area (Å²) in [5, 5.41) is 19.5. The first-order valence-corrected chi connectivity index (χ1v) is 10.8. The van der Waals surface area contributed by atoms with Gasteiger partial charge in [-0.05, 0) is 73.7 Å². The van der Waals surface area contributed by atoms with E-state index in [-0.39, 0.29) is 0 Å². The Bertz CT molecular complexity index is 1140. The van der Waals surface area contributed by atoms with E-state index in [1.807, 2.05) is 18.2 Å². The number of nitrogens with zero attached hydrogens (tertiary/aromatic N) is 5. The van der Waals surface area contributed by atoms with Crippen LogP contribution in [0.3, 0.4) is 0 Å². The average Bonchev–Trinajstić information content (AvgIpc) is 3.43. The highest BCUT2D eigenvalue weighted by molar-refractivity contribution is 5.94. The Morgan fingerprint density at radius 2 is 1.73 bits per heavy atom. The molecule has 0 radical (unpaired) electrons. The fourth-order valence-electron chi connectivity index (χ4n) is 4.83.